The molecular weight excluding hydrogens is 505 g/mol. The van der Waals surface area contributed by atoms with E-state index in [-0.39, 0.29) is 0 Å². The van der Waals surface area contributed by atoms with Crippen LogP contribution < -0.4 is 15.2 Å². The summed E-state index contributed by atoms with van der Waals surface area (Å²) in [6.45, 7) is 0. The van der Waals surface area contributed by atoms with Gasteiger partial charge in [-0.05, 0) is 46.8 Å². The fourth-order valence-corrected chi connectivity index (χ4v) is 3.48. The van der Waals surface area contributed by atoms with Crippen LogP contribution in [0.1, 0.15) is 0 Å². The molecule has 5 rings (SSSR count). The van der Waals surface area contributed by atoms with Gasteiger partial charge in [-0.3, -0.25) is 0 Å². The number of anilines is 1. The number of nitrogen functional groups attached to an aromatic ring is 1. The van der Waals surface area contributed by atoms with Crippen LogP contribution >= 0.6 is 23.2 Å². The normalized spacial score (nSPS) is 10.3. The van der Waals surface area contributed by atoms with E-state index < -0.39 is 0 Å². The molecule has 0 aliphatic heterocycles. The van der Waals surface area contributed by atoms with E-state index >= 15 is 0 Å². The third-order valence-corrected chi connectivity index (χ3v) is 5.29. The lowest BCUT2D eigenvalue weighted by Crippen LogP contribution is -2.00. The maximum absolute atomic E-state index is 6.07. The molecule has 0 atom stereocenters. The summed E-state index contributed by atoms with van der Waals surface area (Å²) in [5.74, 6) is 0.960. The van der Waals surface area contributed by atoms with Gasteiger partial charge in [-0.1, -0.05) is 23.2 Å². The lowest BCUT2D eigenvalue weighted by Gasteiger charge is -2.09. The molecule has 0 aliphatic carbocycles. The molecule has 0 aliphatic rings. The highest BCUT2D eigenvalue weighted by Gasteiger charge is 2.12. The third-order valence-electron chi connectivity index (χ3n) is 4.82. The Morgan fingerprint density at radius 1 is 0.750 bits per heavy atom. The summed E-state index contributed by atoms with van der Waals surface area (Å²) < 4.78 is 11.7. The minimum atomic E-state index is 0.470. The monoisotopic (exact) mass is 523 g/mol. The molecule has 0 saturated carbocycles. The van der Waals surface area contributed by atoms with Gasteiger partial charge in [-0.15, -0.1) is 5.10 Å². The molecule has 0 bridgehead atoms. The number of ether oxygens (including phenoxy) is 2. The summed E-state index contributed by atoms with van der Waals surface area (Å²) in [5.41, 5.74) is 10.1. The highest BCUT2D eigenvalue weighted by Crippen LogP contribution is 2.29. The molecule has 0 radical (unpaired) electrons. The number of tetrazole rings is 1. The Labute approximate surface area is 215 Å². The standard InChI is InChI=1S/C12H9ClN6O.C11H10ClN3O/c1-20-12-5-10(14-6-15-12)9-4-8(13)2-3-11(9)19-7-16-17-18-19;1-16-11-5-10(14-6-15-11)8-4-7(12)2-3-9(8)13/h2-7H,1H3;2-6H,13H2,1H3. The molecule has 36 heavy (non-hydrogen) atoms. The number of methoxy groups -OCH3 is 2. The first-order valence-electron chi connectivity index (χ1n) is 10.3. The zero-order valence-corrected chi connectivity index (χ0v) is 20.6. The minimum Gasteiger partial charge on any atom is -0.481 e. The van der Waals surface area contributed by atoms with Gasteiger partial charge in [0, 0.05) is 39.0 Å². The van der Waals surface area contributed by atoms with Gasteiger partial charge in [-0.25, -0.2) is 19.9 Å². The SMILES string of the molecule is COc1cc(-c2cc(Cl)ccc2-n2cnnn2)ncn1.COc1cc(-c2cc(Cl)ccc2N)ncn1. The number of halogens is 2. The number of benzene rings is 2. The van der Waals surface area contributed by atoms with Crippen LogP contribution in [-0.2, 0) is 0 Å². The van der Waals surface area contributed by atoms with Crippen molar-refractivity contribution < 1.29 is 9.47 Å². The second-order valence-corrected chi connectivity index (χ2v) is 7.91. The molecule has 0 saturated heterocycles. The fraction of sp³-hybridized carbons (Fsp3) is 0.0870. The zero-order chi connectivity index (χ0) is 25.5. The van der Waals surface area contributed by atoms with Crippen LogP contribution in [0.5, 0.6) is 11.8 Å². The number of rotatable bonds is 5. The summed E-state index contributed by atoms with van der Waals surface area (Å²) in [7, 11) is 3.10. The second kappa shape index (κ2) is 11.4. The van der Waals surface area contributed by atoms with E-state index in [0.29, 0.717) is 38.9 Å². The van der Waals surface area contributed by atoms with E-state index in [4.69, 9.17) is 38.4 Å². The first-order valence-corrected chi connectivity index (χ1v) is 11.0. The molecule has 0 fully saturated rings. The molecule has 0 amide bonds. The van der Waals surface area contributed by atoms with Crippen molar-refractivity contribution >= 4 is 28.9 Å². The highest BCUT2D eigenvalue weighted by atomic mass is 35.5. The van der Waals surface area contributed by atoms with Crippen LogP contribution in [0.4, 0.5) is 5.69 Å². The Hall–Kier alpha value is -4.35. The van der Waals surface area contributed by atoms with Crippen molar-refractivity contribution in [2.45, 2.75) is 0 Å². The van der Waals surface area contributed by atoms with Crippen LogP contribution in [0.15, 0.2) is 67.5 Å². The zero-order valence-electron chi connectivity index (χ0n) is 19.1. The molecule has 0 spiro atoms. The first kappa shape index (κ1) is 24.8. The summed E-state index contributed by atoms with van der Waals surface area (Å²) in [6, 6.07) is 14.1. The van der Waals surface area contributed by atoms with Gasteiger partial charge >= 0.3 is 0 Å². The topological polar surface area (TPSA) is 140 Å². The Kier molecular flexibility index (Phi) is 7.83. The van der Waals surface area contributed by atoms with Crippen molar-refractivity contribution in [1.82, 2.24) is 40.1 Å². The number of hydrogen-bond donors (Lipinski definition) is 1. The van der Waals surface area contributed by atoms with Crippen molar-refractivity contribution in [3.63, 3.8) is 0 Å². The summed E-state index contributed by atoms with van der Waals surface area (Å²) in [4.78, 5) is 16.3. The van der Waals surface area contributed by atoms with E-state index in [2.05, 4.69) is 35.5 Å². The lowest BCUT2D eigenvalue weighted by atomic mass is 10.1. The predicted octanol–water partition coefficient (Wildman–Crippen LogP) is 4.17. The maximum Gasteiger partial charge on any atom is 0.216 e. The van der Waals surface area contributed by atoms with Crippen LogP contribution in [0.3, 0.4) is 0 Å². The highest BCUT2D eigenvalue weighted by molar-refractivity contribution is 6.31. The Balaban J connectivity index is 0.000000174. The molecule has 11 nitrogen and oxygen atoms in total. The van der Waals surface area contributed by atoms with E-state index in [9.17, 15) is 0 Å². The number of nitrogens with two attached hydrogens (primary N) is 1. The van der Waals surface area contributed by atoms with Gasteiger partial charge in [0.1, 0.15) is 19.0 Å². The molecule has 13 heteroatoms. The average Bonchev–Trinajstić information content (AvgIpc) is 3.45. The van der Waals surface area contributed by atoms with E-state index in [1.165, 1.54) is 19.0 Å². The van der Waals surface area contributed by atoms with Gasteiger partial charge in [0.25, 0.3) is 0 Å². The molecule has 182 valence electrons. The molecule has 3 heterocycles. The maximum atomic E-state index is 6.07. The summed E-state index contributed by atoms with van der Waals surface area (Å²) >= 11 is 12.0. The smallest absolute Gasteiger partial charge is 0.216 e. The Morgan fingerprint density at radius 3 is 1.92 bits per heavy atom. The third kappa shape index (κ3) is 5.82. The van der Waals surface area contributed by atoms with E-state index in [0.717, 1.165) is 16.8 Å². The van der Waals surface area contributed by atoms with Gasteiger partial charge < -0.3 is 15.2 Å². The molecule has 5 aromatic rings. The predicted molar refractivity (Wildman–Crippen MR) is 135 cm³/mol. The van der Waals surface area contributed by atoms with Crippen LogP contribution in [0, 0.1) is 0 Å². The molecule has 2 aromatic carbocycles. The number of aromatic nitrogens is 8. The first-order chi connectivity index (χ1) is 17.5. The Morgan fingerprint density at radius 2 is 1.33 bits per heavy atom. The van der Waals surface area contributed by atoms with Crippen LogP contribution in [0.25, 0.3) is 28.2 Å². The van der Waals surface area contributed by atoms with Crippen molar-refractivity contribution in [2.24, 2.45) is 0 Å². The number of hydrogen-bond acceptors (Lipinski definition) is 10. The second-order valence-electron chi connectivity index (χ2n) is 7.04. The molecule has 3 aromatic heterocycles. The quantitative estimate of drug-likeness (QED) is 0.333. The summed E-state index contributed by atoms with van der Waals surface area (Å²) in [5, 5.41) is 12.4. The molecule has 2 N–H and O–H groups in total. The molecular formula is C23H19Cl2N9O2. The van der Waals surface area contributed by atoms with E-state index in [1.807, 2.05) is 6.07 Å². The van der Waals surface area contributed by atoms with Gasteiger partial charge in [0.15, 0.2) is 0 Å². The molecule has 0 unspecified atom stereocenters. The van der Waals surface area contributed by atoms with Crippen molar-refractivity contribution in [3.05, 3.63) is 77.6 Å². The lowest BCUT2D eigenvalue weighted by molar-refractivity contribution is 0.397. The van der Waals surface area contributed by atoms with Gasteiger partial charge in [0.2, 0.25) is 11.8 Å². The largest absolute Gasteiger partial charge is 0.481 e. The van der Waals surface area contributed by atoms with Gasteiger partial charge in [-0.2, -0.15) is 4.68 Å². The van der Waals surface area contributed by atoms with E-state index in [1.54, 1.807) is 61.4 Å². The van der Waals surface area contributed by atoms with Crippen molar-refractivity contribution in [2.75, 3.05) is 20.0 Å². The van der Waals surface area contributed by atoms with Gasteiger partial charge in [0.05, 0.1) is 31.3 Å². The van der Waals surface area contributed by atoms with Crippen LogP contribution in [0.2, 0.25) is 10.0 Å². The average molecular weight is 524 g/mol. The summed E-state index contributed by atoms with van der Waals surface area (Å²) in [6.07, 6.45) is 4.36. The minimum absolute atomic E-state index is 0.470. The fourth-order valence-electron chi connectivity index (χ4n) is 3.13. The Bertz CT molecular complexity index is 1470. The number of nitrogens with zero attached hydrogens (tertiary/aromatic N) is 8. The van der Waals surface area contributed by atoms with Crippen molar-refractivity contribution in [1.29, 1.82) is 0 Å². The van der Waals surface area contributed by atoms with Crippen LogP contribution in [-0.4, -0.2) is 54.4 Å². The van der Waals surface area contributed by atoms with Crippen molar-refractivity contribution in [3.8, 4) is 40.0 Å².